The average molecular weight is 293 g/mol. The van der Waals surface area contributed by atoms with Gasteiger partial charge >= 0.3 is 0 Å². The summed E-state index contributed by atoms with van der Waals surface area (Å²) in [6, 6.07) is 6.05. The molecular weight excluding hydrogens is 277 g/mol. The number of halogens is 2. The van der Waals surface area contributed by atoms with Crippen LogP contribution < -0.4 is 5.32 Å². The molecule has 1 N–H and O–H groups in total. The quantitative estimate of drug-likeness (QED) is 0.898. The molecule has 0 radical (unpaired) electrons. The van der Waals surface area contributed by atoms with Crippen LogP contribution >= 0.6 is 27.5 Å². The summed E-state index contributed by atoms with van der Waals surface area (Å²) in [6.07, 6.45) is 0. The summed E-state index contributed by atoms with van der Waals surface area (Å²) in [5, 5.41) is 3.94. The Bertz CT molecular complexity index is 319. The van der Waals surface area contributed by atoms with Crippen LogP contribution in [0.15, 0.2) is 22.7 Å². The van der Waals surface area contributed by atoms with Crippen molar-refractivity contribution in [2.75, 3.05) is 20.3 Å². The van der Waals surface area contributed by atoms with Crippen molar-refractivity contribution in [3.05, 3.63) is 33.3 Å². The van der Waals surface area contributed by atoms with E-state index in [2.05, 4.69) is 21.2 Å². The van der Waals surface area contributed by atoms with Crippen molar-refractivity contribution in [3.8, 4) is 0 Å². The van der Waals surface area contributed by atoms with E-state index in [-0.39, 0.29) is 6.04 Å². The summed E-state index contributed by atoms with van der Waals surface area (Å²) in [4.78, 5) is 0. The molecule has 2 nitrogen and oxygen atoms in total. The number of rotatable bonds is 5. The van der Waals surface area contributed by atoms with Crippen LogP contribution in [0.1, 0.15) is 18.5 Å². The zero-order chi connectivity index (χ0) is 11.3. The average Bonchev–Trinajstić information content (AvgIpc) is 2.25. The van der Waals surface area contributed by atoms with Gasteiger partial charge in [-0.2, -0.15) is 0 Å². The maximum Gasteiger partial charge on any atom is 0.0661 e. The second kappa shape index (κ2) is 6.48. The van der Waals surface area contributed by atoms with Crippen LogP contribution in [0.2, 0.25) is 5.02 Å². The van der Waals surface area contributed by atoms with Crippen LogP contribution in [0, 0.1) is 0 Å². The number of ether oxygens (including phenoxy) is 1. The first-order valence-electron chi connectivity index (χ1n) is 4.89. The summed E-state index contributed by atoms with van der Waals surface area (Å²) < 4.78 is 6.31. The molecule has 1 unspecified atom stereocenters. The maximum absolute atomic E-state index is 6.20. The minimum Gasteiger partial charge on any atom is -0.380 e. The van der Waals surface area contributed by atoms with Crippen LogP contribution in [0.25, 0.3) is 0 Å². The second-order valence-electron chi connectivity index (χ2n) is 3.14. The maximum atomic E-state index is 6.20. The van der Waals surface area contributed by atoms with Gasteiger partial charge in [0.15, 0.2) is 0 Å². The molecule has 1 aromatic rings. The van der Waals surface area contributed by atoms with E-state index in [1.165, 1.54) is 0 Å². The van der Waals surface area contributed by atoms with Gasteiger partial charge in [0.1, 0.15) is 0 Å². The van der Waals surface area contributed by atoms with Crippen molar-refractivity contribution in [2.45, 2.75) is 13.0 Å². The van der Waals surface area contributed by atoms with Crippen molar-refractivity contribution >= 4 is 27.5 Å². The third kappa shape index (κ3) is 3.45. The van der Waals surface area contributed by atoms with Gasteiger partial charge in [-0.05, 0) is 41.5 Å². The highest BCUT2D eigenvalue weighted by atomic mass is 79.9. The number of benzene rings is 1. The molecule has 0 aliphatic rings. The molecule has 0 heterocycles. The minimum atomic E-state index is 0.134. The highest BCUT2D eigenvalue weighted by Gasteiger charge is 2.14. The van der Waals surface area contributed by atoms with Crippen molar-refractivity contribution < 1.29 is 4.74 Å². The molecule has 84 valence electrons. The predicted molar refractivity (Wildman–Crippen MR) is 67.4 cm³/mol. The van der Waals surface area contributed by atoms with E-state index in [1.54, 1.807) is 0 Å². The van der Waals surface area contributed by atoms with Crippen LogP contribution in [0.5, 0.6) is 0 Å². The van der Waals surface area contributed by atoms with Gasteiger partial charge in [0.05, 0.1) is 17.7 Å². The van der Waals surface area contributed by atoms with Gasteiger partial charge in [-0.3, -0.25) is 0 Å². The molecule has 0 spiro atoms. The lowest BCUT2D eigenvalue weighted by atomic mass is 10.1. The molecule has 0 fully saturated rings. The van der Waals surface area contributed by atoms with Gasteiger partial charge in [0, 0.05) is 11.1 Å². The van der Waals surface area contributed by atoms with E-state index in [4.69, 9.17) is 16.3 Å². The largest absolute Gasteiger partial charge is 0.380 e. The van der Waals surface area contributed by atoms with Gasteiger partial charge in [-0.1, -0.05) is 23.7 Å². The van der Waals surface area contributed by atoms with E-state index in [9.17, 15) is 0 Å². The molecule has 0 saturated heterocycles. The molecule has 1 aromatic carbocycles. The van der Waals surface area contributed by atoms with Gasteiger partial charge < -0.3 is 10.1 Å². The topological polar surface area (TPSA) is 21.3 Å². The number of nitrogens with one attached hydrogen (secondary N) is 1. The second-order valence-corrected chi connectivity index (χ2v) is 4.38. The lowest BCUT2D eigenvalue weighted by Crippen LogP contribution is -2.22. The fourth-order valence-electron chi connectivity index (χ4n) is 1.35. The number of likely N-dealkylation sites (N-methyl/N-ethyl adjacent to an activating group) is 1. The Kier molecular flexibility index (Phi) is 5.61. The Hall–Kier alpha value is -0.0900. The summed E-state index contributed by atoms with van der Waals surface area (Å²) in [5.74, 6) is 0. The van der Waals surface area contributed by atoms with Crippen molar-refractivity contribution in [1.82, 2.24) is 5.32 Å². The summed E-state index contributed by atoms with van der Waals surface area (Å²) >= 11 is 9.61. The molecule has 1 atom stereocenters. The number of hydrogen-bond donors (Lipinski definition) is 1. The zero-order valence-electron chi connectivity index (χ0n) is 8.89. The molecule has 0 aliphatic heterocycles. The Morgan fingerprint density at radius 3 is 2.87 bits per heavy atom. The van der Waals surface area contributed by atoms with Gasteiger partial charge in [-0.15, -0.1) is 0 Å². The van der Waals surface area contributed by atoms with E-state index in [0.29, 0.717) is 13.2 Å². The molecule has 0 amide bonds. The normalized spacial score (nSPS) is 12.8. The van der Waals surface area contributed by atoms with E-state index < -0.39 is 0 Å². The van der Waals surface area contributed by atoms with E-state index in [1.807, 2.05) is 32.2 Å². The van der Waals surface area contributed by atoms with Crippen LogP contribution in [0.4, 0.5) is 0 Å². The van der Waals surface area contributed by atoms with Crippen LogP contribution in [0.3, 0.4) is 0 Å². The number of hydrogen-bond acceptors (Lipinski definition) is 2. The Morgan fingerprint density at radius 2 is 2.27 bits per heavy atom. The summed E-state index contributed by atoms with van der Waals surface area (Å²) in [5.41, 5.74) is 1.06. The van der Waals surface area contributed by atoms with E-state index in [0.717, 1.165) is 15.1 Å². The fourth-order valence-corrected chi connectivity index (χ4v) is 1.99. The first-order chi connectivity index (χ1) is 7.20. The van der Waals surface area contributed by atoms with Gasteiger partial charge in [0.2, 0.25) is 0 Å². The molecule has 0 bridgehead atoms. The first kappa shape index (κ1) is 13.0. The molecule has 0 aliphatic carbocycles. The standard InChI is InChI=1S/C11H15BrClNO/c1-3-15-7-10(14-2)8-5-4-6-9(12)11(8)13/h4-6,10,14H,3,7H2,1-2H3. The lowest BCUT2D eigenvalue weighted by molar-refractivity contribution is 0.125. The Morgan fingerprint density at radius 1 is 1.53 bits per heavy atom. The minimum absolute atomic E-state index is 0.134. The smallest absolute Gasteiger partial charge is 0.0661 e. The Labute approximate surface area is 104 Å². The third-order valence-corrected chi connectivity index (χ3v) is 3.50. The summed E-state index contributed by atoms with van der Waals surface area (Å²) in [6.45, 7) is 3.32. The Balaban J connectivity index is 2.86. The monoisotopic (exact) mass is 291 g/mol. The molecule has 0 saturated carbocycles. The van der Waals surface area contributed by atoms with Gasteiger partial charge in [-0.25, -0.2) is 0 Å². The van der Waals surface area contributed by atoms with Crippen LogP contribution in [-0.4, -0.2) is 20.3 Å². The van der Waals surface area contributed by atoms with Crippen LogP contribution in [-0.2, 0) is 4.74 Å². The molecular formula is C11H15BrClNO. The van der Waals surface area contributed by atoms with Crippen molar-refractivity contribution in [2.24, 2.45) is 0 Å². The van der Waals surface area contributed by atoms with Crippen molar-refractivity contribution in [1.29, 1.82) is 0 Å². The predicted octanol–water partition coefficient (Wildman–Crippen LogP) is 3.40. The molecule has 0 aromatic heterocycles. The molecule has 4 heteroatoms. The summed E-state index contributed by atoms with van der Waals surface area (Å²) in [7, 11) is 1.90. The fraction of sp³-hybridized carbons (Fsp3) is 0.455. The highest BCUT2D eigenvalue weighted by Crippen LogP contribution is 2.30. The van der Waals surface area contributed by atoms with Crippen molar-refractivity contribution in [3.63, 3.8) is 0 Å². The zero-order valence-corrected chi connectivity index (χ0v) is 11.2. The van der Waals surface area contributed by atoms with Gasteiger partial charge in [0.25, 0.3) is 0 Å². The first-order valence-corrected chi connectivity index (χ1v) is 6.06. The molecule has 1 rings (SSSR count). The van der Waals surface area contributed by atoms with E-state index >= 15 is 0 Å². The highest BCUT2D eigenvalue weighted by molar-refractivity contribution is 9.10. The third-order valence-electron chi connectivity index (χ3n) is 2.19. The lowest BCUT2D eigenvalue weighted by Gasteiger charge is -2.18. The molecule has 15 heavy (non-hydrogen) atoms. The SMILES string of the molecule is CCOCC(NC)c1cccc(Br)c1Cl.